The molecule has 2 aliphatic rings. The first-order chi connectivity index (χ1) is 13.6. The van der Waals surface area contributed by atoms with Crippen molar-refractivity contribution in [3.8, 4) is 16.9 Å². The number of rotatable bonds is 0. The molecule has 1 heterocycles. The number of ketones is 1. The van der Waals surface area contributed by atoms with Crippen molar-refractivity contribution in [2.75, 3.05) is 0 Å². The Morgan fingerprint density at radius 3 is 2.07 bits per heavy atom. The minimum absolute atomic E-state index is 0.0523. The molecule has 1 aliphatic carbocycles. The predicted molar refractivity (Wildman–Crippen MR) is 119 cm³/mol. The van der Waals surface area contributed by atoms with Crippen LogP contribution in [0.3, 0.4) is 0 Å². The number of ether oxygens (including phenoxy) is 1. The van der Waals surface area contributed by atoms with Crippen molar-refractivity contribution in [3.63, 3.8) is 0 Å². The molecule has 3 heteroatoms. The lowest BCUT2D eigenvalue weighted by Gasteiger charge is -2.30. The Balaban J connectivity index is 0.000000531. The van der Waals surface area contributed by atoms with Gasteiger partial charge in [-0.05, 0) is 17.9 Å². The largest absolute Gasteiger partial charge is 0.492 e. The first-order valence-electron chi connectivity index (χ1n) is 9.97. The number of fused-ring (bicyclic) bond motifs is 8. The van der Waals surface area contributed by atoms with E-state index in [2.05, 4.69) is 0 Å². The van der Waals surface area contributed by atoms with E-state index in [0.717, 1.165) is 38.6 Å². The summed E-state index contributed by atoms with van der Waals surface area (Å²) >= 11 is 0. The molecule has 1 unspecified atom stereocenters. The third-order valence-corrected chi connectivity index (χ3v) is 4.78. The highest BCUT2D eigenvalue weighted by Gasteiger charge is 2.35. The van der Waals surface area contributed by atoms with Crippen LogP contribution >= 0.6 is 0 Å². The van der Waals surface area contributed by atoms with Crippen molar-refractivity contribution in [1.29, 1.82) is 0 Å². The van der Waals surface area contributed by atoms with Crippen molar-refractivity contribution in [3.05, 3.63) is 71.3 Å². The average Bonchev–Trinajstić information content (AvgIpc) is 3.04. The highest BCUT2D eigenvalue weighted by atomic mass is 16.5. The zero-order chi connectivity index (χ0) is 20.5. The zero-order valence-corrected chi connectivity index (χ0v) is 17.2. The molecule has 0 amide bonds. The maximum atomic E-state index is 13.0. The Kier molecular flexibility index (Phi) is 5.46. The van der Waals surface area contributed by atoms with E-state index < -0.39 is 5.50 Å². The molecule has 0 N–H and O–H groups in total. The van der Waals surface area contributed by atoms with E-state index in [1.54, 1.807) is 6.08 Å². The van der Waals surface area contributed by atoms with Crippen LogP contribution in [0.4, 0.5) is 0 Å². The Bertz CT molecular complexity index is 1080. The molecule has 2 nitrogen and oxygen atoms in total. The first kappa shape index (κ1) is 19.9. The molecule has 1 atom stereocenters. The maximum absolute atomic E-state index is 13.0. The predicted octanol–water partition coefficient (Wildman–Crippen LogP) is 6.39. The van der Waals surface area contributed by atoms with Gasteiger partial charge in [-0.1, -0.05) is 88.4 Å². The summed E-state index contributed by atoms with van der Waals surface area (Å²) in [6, 6.07) is 15.8. The number of benzene rings is 3. The second kappa shape index (κ2) is 7.67. The number of hydrogen-bond acceptors (Lipinski definition) is 2. The van der Waals surface area contributed by atoms with E-state index in [1.807, 2.05) is 89.2 Å². The topological polar surface area (TPSA) is 26.3 Å². The van der Waals surface area contributed by atoms with Crippen LogP contribution in [0, 0.1) is 0 Å². The standard InChI is InChI=1S/C21H13BO2.2C2H6/c1-21(22)11-10-16-18-17(12-6-2-4-8-14(12)19(18)23)13-7-3-5-9-15(13)20(16)24-21;2*1-2/h2-11H,1H3;2*1-2H3. The van der Waals surface area contributed by atoms with Gasteiger partial charge in [-0.25, -0.2) is 0 Å². The molecule has 2 radical (unpaired) electrons. The minimum Gasteiger partial charge on any atom is -0.492 e. The minimum atomic E-state index is -0.876. The van der Waals surface area contributed by atoms with Crippen LogP contribution in [-0.2, 0) is 0 Å². The molecule has 28 heavy (non-hydrogen) atoms. The van der Waals surface area contributed by atoms with Gasteiger partial charge in [0.25, 0.3) is 0 Å². The van der Waals surface area contributed by atoms with Gasteiger partial charge in [0.2, 0.25) is 0 Å². The molecule has 5 rings (SSSR count). The van der Waals surface area contributed by atoms with Crippen LogP contribution in [0.1, 0.15) is 56.1 Å². The average molecular weight is 368 g/mol. The summed E-state index contributed by atoms with van der Waals surface area (Å²) in [6.07, 6.45) is 3.73. The van der Waals surface area contributed by atoms with Crippen LogP contribution in [-0.4, -0.2) is 19.1 Å². The lowest BCUT2D eigenvalue weighted by Crippen LogP contribution is -2.32. The lowest BCUT2D eigenvalue weighted by molar-refractivity contribution is 0.104. The van der Waals surface area contributed by atoms with Gasteiger partial charge in [0.15, 0.2) is 5.78 Å². The first-order valence-corrected chi connectivity index (χ1v) is 9.97. The van der Waals surface area contributed by atoms with Crippen molar-refractivity contribution in [2.24, 2.45) is 0 Å². The molecule has 0 fully saturated rings. The lowest BCUT2D eigenvalue weighted by atomic mass is 9.80. The molecule has 140 valence electrons. The van der Waals surface area contributed by atoms with Gasteiger partial charge >= 0.3 is 0 Å². The zero-order valence-electron chi connectivity index (χ0n) is 17.2. The molecule has 0 aromatic heterocycles. The van der Waals surface area contributed by atoms with Gasteiger partial charge in [0.05, 0.1) is 5.50 Å². The van der Waals surface area contributed by atoms with Crippen molar-refractivity contribution < 1.29 is 9.53 Å². The second-order valence-corrected chi connectivity index (χ2v) is 6.53. The van der Waals surface area contributed by atoms with E-state index in [0.29, 0.717) is 5.75 Å². The van der Waals surface area contributed by atoms with Gasteiger partial charge in [-0.15, -0.1) is 0 Å². The Morgan fingerprint density at radius 2 is 1.39 bits per heavy atom. The summed E-state index contributed by atoms with van der Waals surface area (Å²) in [5, 5.41) is 2.01. The highest BCUT2D eigenvalue weighted by Crippen LogP contribution is 2.49. The summed E-state index contributed by atoms with van der Waals surface area (Å²) in [7, 11) is 6.15. The fraction of sp³-hybridized carbons (Fsp3) is 0.240. The SMILES string of the molecule is CC.CC.[B]C1(C)C=Cc2c3c(c4ccccc4c2O1)-c1ccccc1C3=O. The summed E-state index contributed by atoms with van der Waals surface area (Å²) in [5.74, 6) is 0.745. The molecule has 0 saturated carbocycles. The summed E-state index contributed by atoms with van der Waals surface area (Å²) < 4.78 is 6.04. The molecule has 3 aromatic carbocycles. The fourth-order valence-corrected chi connectivity index (χ4v) is 3.75. The third-order valence-electron chi connectivity index (χ3n) is 4.78. The van der Waals surface area contributed by atoms with Crippen LogP contribution in [0.25, 0.3) is 28.0 Å². The van der Waals surface area contributed by atoms with Crippen LogP contribution in [0.5, 0.6) is 5.75 Å². The second-order valence-electron chi connectivity index (χ2n) is 6.53. The molecular formula is C25H25BO2. The Hall–Kier alpha value is -2.81. The Morgan fingerprint density at radius 1 is 0.821 bits per heavy atom. The van der Waals surface area contributed by atoms with Gasteiger partial charge in [0, 0.05) is 27.6 Å². The quantitative estimate of drug-likeness (QED) is 0.336. The van der Waals surface area contributed by atoms with E-state index in [-0.39, 0.29) is 5.78 Å². The third kappa shape index (κ3) is 2.95. The van der Waals surface area contributed by atoms with E-state index >= 15 is 0 Å². The summed E-state index contributed by atoms with van der Waals surface area (Å²) in [4.78, 5) is 13.0. The van der Waals surface area contributed by atoms with Gasteiger partial charge in [0.1, 0.15) is 13.6 Å². The smallest absolute Gasteiger partial charge is 0.195 e. The van der Waals surface area contributed by atoms with E-state index in [1.165, 1.54) is 0 Å². The van der Waals surface area contributed by atoms with Gasteiger partial charge in [-0.2, -0.15) is 0 Å². The monoisotopic (exact) mass is 368 g/mol. The maximum Gasteiger partial charge on any atom is 0.195 e. The number of carbonyl (C=O) groups is 1. The van der Waals surface area contributed by atoms with Crippen LogP contribution < -0.4 is 4.74 Å². The number of carbonyl (C=O) groups excluding carboxylic acids is 1. The summed E-state index contributed by atoms with van der Waals surface area (Å²) in [6.45, 7) is 9.81. The van der Waals surface area contributed by atoms with Crippen molar-refractivity contribution in [2.45, 2.75) is 40.1 Å². The molecule has 0 bridgehead atoms. The van der Waals surface area contributed by atoms with E-state index in [9.17, 15) is 4.79 Å². The van der Waals surface area contributed by atoms with Crippen LogP contribution in [0.2, 0.25) is 0 Å². The van der Waals surface area contributed by atoms with Crippen molar-refractivity contribution >= 4 is 30.5 Å². The fourth-order valence-electron chi connectivity index (χ4n) is 3.75. The Labute approximate surface area is 168 Å². The van der Waals surface area contributed by atoms with Gasteiger partial charge in [-0.3, -0.25) is 4.79 Å². The molecular weight excluding hydrogens is 343 g/mol. The van der Waals surface area contributed by atoms with Crippen LogP contribution in [0.15, 0.2) is 54.6 Å². The molecule has 0 spiro atoms. The number of hydrogen-bond donors (Lipinski definition) is 0. The molecule has 3 aromatic rings. The van der Waals surface area contributed by atoms with Crippen molar-refractivity contribution in [1.82, 2.24) is 0 Å². The summed E-state index contributed by atoms with van der Waals surface area (Å²) in [5.41, 5.74) is 3.41. The highest BCUT2D eigenvalue weighted by molar-refractivity contribution is 6.29. The van der Waals surface area contributed by atoms with E-state index in [4.69, 9.17) is 12.6 Å². The molecule has 0 saturated heterocycles. The normalized spacial score (nSPS) is 18.0. The molecule has 1 aliphatic heterocycles. The van der Waals surface area contributed by atoms with Gasteiger partial charge < -0.3 is 4.74 Å².